The molecule has 3 rings (SSSR count). The van der Waals surface area contributed by atoms with Crippen LogP contribution in [-0.2, 0) is 10.1 Å². The average molecular weight is 366 g/mol. The van der Waals surface area contributed by atoms with Crippen LogP contribution < -0.4 is 11.5 Å². The number of rotatable bonds is 3. The molecule has 1 saturated carbocycles. The summed E-state index contributed by atoms with van der Waals surface area (Å²) >= 11 is 0. The van der Waals surface area contributed by atoms with Crippen LogP contribution in [0.1, 0.15) is 18.4 Å². The van der Waals surface area contributed by atoms with E-state index in [-0.39, 0.29) is 15.7 Å². The summed E-state index contributed by atoms with van der Waals surface area (Å²) in [5.74, 6) is 1.28. The molecule has 0 aliphatic heterocycles. The van der Waals surface area contributed by atoms with Crippen molar-refractivity contribution in [3.05, 3.63) is 47.2 Å². The Balaban J connectivity index is 0.000000186. The first-order valence-corrected chi connectivity index (χ1v) is 9.22. The quantitative estimate of drug-likeness (QED) is 0.139. The Morgan fingerprint density at radius 2 is 1.92 bits per heavy atom. The van der Waals surface area contributed by atoms with Gasteiger partial charge in [-0.1, -0.05) is 29.8 Å². The zero-order chi connectivity index (χ0) is 18.6. The molecule has 1 aromatic rings. The number of fused-ring (bicyclic) bond motifs is 2. The minimum atomic E-state index is -4.02. The second kappa shape index (κ2) is 7.66. The summed E-state index contributed by atoms with van der Waals surface area (Å²) in [5.41, 5.74) is 11.1. The third kappa shape index (κ3) is 5.30. The molecule has 136 valence electrons. The molecule has 0 radical (unpaired) electrons. The minimum Gasteiger partial charge on any atom is -0.722 e. The van der Waals surface area contributed by atoms with Crippen LogP contribution in [0, 0.1) is 29.9 Å². The van der Waals surface area contributed by atoms with Crippen molar-refractivity contribution in [1.29, 1.82) is 0 Å². The molecule has 5 N–H and O–H groups in total. The second-order valence-electron chi connectivity index (χ2n) is 6.19. The molecule has 9 heteroatoms. The van der Waals surface area contributed by atoms with Crippen molar-refractivity contribution in [3.8, 4) is 0 Å². The lowest BCUT2D eigenvalue weighted by molar-refractivity contribution is -0.464. The van der Waals surface area contributed by atoms with E-state index in [1.807, 2.05) is 6.92 Å². The van der Waals surface area contributed by atoms with Gasteiger partial charge in [0.1, 0.15) is 0 Å². The molecule has 0 spiro atoms. The fourth-order valence-electron chi connectivity index (χ4n) is 2.92. The number of nitrogens with two attached hydrogens (primary N) is 2. The highest BCUT2D eigenvalue weighted by molar-refractivity contribution is 7.85. The van der Waals surface area contributed by atoms with Crippen molar-refractivity contribution in [2.45, 2.75) is 24.7 Å². The van der Waals surface area contributed by atoms with Gasteiger partial charge in [-0.25, -0.2) is 0 Å². The molecule has 0 amide bonds. The molecule has 2 aliphatic rings. The molecule has 2 aliphatic carbocycles. The lowest BCUT2D eigenvalue weighted by Crippen LogP contribution is -2.31. The first-order valence-electron chi connectivity index (χ1n) is 7.78. The number of aryl methyl sites for hydroxylation is 1. The highest BCUT2D eigenvalue weighted by Crippen LogP contribution is 2.42. The van der Waals surface area contributed by atoms with E-state index in [9.17, 15) is 13.6 Å². The highest BCUT2D eigenvalue weighted by Gasteiger charge is 2.34. The molecule has 3 atom stereocenters. The van der Waals surface area contributed by atoms with Crippen molar-refractivity contribution in [2.75, 3.05) is 0 Å². The van der Waals surface area contributed by atoms with Gasteiger partial charge in [0.25, 0.3) is 10.1 Å². The molecule has 0 aromatic heterocycles. The van der Waals surface area contributed by atoms with Gasteiger partial charge in [0.2, 0.25) is 0 Å². The Morgan fingerprint density at radius 3 is 2.36 bits per heavy atom. The molecular formula is C16H22N4O4S. The van der Waals surface area contributed by atoms with E-state index >= 15 is 0 Å². The van der Waals surface area contributed by atoms with E-state index in [1.165, 1.54) is 18.6 Å². The van der Waals surface area contributed by atoms with Crippen molar-refractivity contribution in [3.63, 3.8) is 0 Å². The van der Waals surface area contributed by atoms with Crippen LogP contribution in [0.3, 0.4) is 0 Å². The molecule has 1 aromatic carbocycles. The van der Waals surface area contributed by atoms with Gasteiger partial charge in [-0.05, 0) is 43.7 Å². The lowest BCUT2D eigenvalue weighted by atomic mass is 9.95. The van der Waals surface area contributed by atoms with E-state index in [2.05, 4.69) is 17.3 Å². The van der Waals surface area contributed by atoms with Gasteiger partial charge in [-0.2, -0.15) is 8.42 Å². The fraction of sp³-hybridized carbons (Fsp3) is 0.375. The van der Waals surface area contributed by atoms with Gasteiger partial charge < -0.3 is 5.21 Å². The summed E-state index contributed by atoms with van der Waals surface area (Å²) in [6, 6.07) is 5.99. The summed E-state index contributed by atoms with van der Waals surface area (Å²) in [6.07, 6.45) is 8.39. The first-order chi connectivity index (χ1) is 11.7. The summed E-state index contributed by atoms with van der Waals surface area (Å²) in [7, 11) is -4.02. The van der Waals surface area contributed by atoms with E-state index in [1.54, 1.807) is 18.3 Å². The maximum atomic E-state index is 10.9. The van der Waals surface area contributed by atoms with Crippen LogP contribution in [0.25, 0.3) is 0 Å². The number of allylic oxidation sites excluding steroid dienone is 2. The molecule has 2 bridgehead atoms. The van der Waals surface area contributed by atoms with Crippen LogP contribution in [0.5, 0.6) is 0 Å². The average Bonchev–Trinajstić information content (AvgIpc) is 3.15. The first kappa shape index (κ1) is 18.9. The van der Waals surface area contributed by atoms with Crippen LogP contribution in [0.4, 0.5) is 0 Å². The van der Waals surface area contributed by atoms with Crippen molar-refractivity contribution >= 4 is 22.3 Å². The van der Waals surface area contributed by atoms with Gasteiger partial charge in [-0.15, -0.1) is 9.95 Å². The summed E-state index contributed by atoms with van der Waals surface area (Å²) in [6.45, 7) is 1.84. The molecule has 0 saturated heterocycles. The van der Waals surface area contributed by atoms with Crippen LogP contribution in [0.15, 0.2) is 46.4 Å². The Bertz CT molecular complexity index is 796. The summed E-state index contributed by atoms with van der Waals surface area (Å²) in [4.78, 5) is 0.193. The van der Waals surface area contributed by atoms with E-state index in [0.29, 0.717) is 17.8 Å². The summed E-state index contributed by atoms with van der Waals surface area (Å²) < 4.78 is 29.6. The van der Waals surface area contributed by atoms with Gasteiger partial charge in [0.05, 0.1) is 4.90 Å². The standard InChI is InChI=1S/C9H14N4O.C7H8O3S/c10-9(11)13(14)12-5-8-4-6-1-2-7(8)3-6;1-6-2-4-7(5-3-6)11(8,9)10/h1-2,5-8H,3-4,10-11H2;2-5H,1H3,(H,8,9,10)/b12-5+;. The molecular weight excluding hydrogens is 344 g/mol. The van der Waals surface area contributed by atoms with Gasteiger partial charge in [0.15, 0.2) is 0 Å². The number of hydrogen-bond donors (Lipinski definition) is 3. The Hall–Kier alpha value is -2.39. The number of guanidine groups is 1. The van der Waals surface area contributed by atoms with Crippen LogP contribution in [0.2, 0.25) is 0 Å². The minimum absolute atomic E-state index is 0.0666. The highest BCUT2D eigenvalue weighted by atomic mass is 32.2. The lowest BCUT2D eigenvalue weighted by Gasteiger charge is -2.12. The van der Waals surface area contributed by atoms with Gasteiger partial charge >= 0.3 is 5.96 Å². The predicted octanol–water partition coefficient (Wildman–Crippen LogP) is 1.21. The monoisotopic (exact) mass is 366 g/mol. The fourth-order valence-corrected chi connectivity index (χ4v) is 3.40. The molecule has 0 heterocycles. The molecule has 8 nitrogen and oxygen atoms in total. The van der Waals surface area contributed by atoms with Crippen LogP contribution in [-0.4, -0.2) is 30.0 Å². The van der Waals surface area contributed by atoms with E-state index in [0.717, 1.165) is 12.0 Å². The molecule has 3 unspecified atom stereocenters. The maximum Gasteiger partial charge on any atom is 0.366 e. The Labute approximate surface area is 146 Å². The normalized spacial score (nSPS) is 24.2. The Kier molecular flexibility index (Phi) is 5.81. The maximum absolute atomic E-state index is 10.9. The topological polar surface area (TPSA) is 145 Å². The van der Waals surface area contributed by atoms with E-state index in [4.69, 9.17) is 16.0 Å². The van der Waals surface area contributed by atoms with Gasteiger partial charge in [-0.3, -0.25) is 16.0 Å². The SMILES string of the molecule is Cc1ccc(S(=O)(=O)O)cc1.NC(N)=[N+]([O-])/N=C/C1CC2C=CC1C2. The zero-order valence-corrected chi connectivity index (χ0v) is 14.6. The zero-order valence-electron chi connectivity index (χ0n) is 13.8. The Morgan fingerprint density at radius 1 is 1.28 bits per heavy atom. The van der Waals surface area contributed by atoms with Crippen molar-refractivity contribution < 1.29 is 17.8 Å². The molecule has 25 heavy (non-hydrogen) atoms. The number of hydrogen-bond acceptors (Lipinski definition) is 4. The molecule has 1 fully saturated rings. The predicted molar refractivity (Wildman–Crippen MR) is 95.3 cm³/mol. The largest absolute Gasteiger partial charge is 0.722 e. The van der Waals surface area contributed by atoms with Crippen molar-refractivity contribution in [2.24, 2.45) is 34.3 Å². The third-order valence-electron chi connectivity index (χ3n) is 4.23. The van der Waals surface area contributed by atoms with E-state index < -0.39 is 10.1 Å². The van der Waals surface area contributed by atoms with Crippen LogP contribution >= 0.6 is 0 Å². The second-order valence-corrected chi connectivity index (χ2v) is 7.62. The smallest absolute Gasteiger partial charge is 0.366 e. The third-order valence-corrected chi connectivity index (χ3v) is 5.10. The summed E-state index contributed by atoms with van der Waals surface area (Å²) in [5, 5.41) is 14.6. The number of benzene rings is 1. The van der Waals surface area contributed by atoms with Gasteiger partial charge in [0, 0.05) is 12.1 Å². The number of hydrazone groups is 1. The number of nitrogens with zero attached hydrogens (tertiary/aromatic N) is 2. The van der Waals surface area contributed by atoms with Crippen molar-refractivity contribution in [1.82, 2.24) is 0 Å².